The van der Waals surface area contributed by atoms with Gasteiger partial charge in [0.05, 0.1) is 18.3 Å². The Labute approximate surface area is 216 Å². The molecule has 1 N–H and O–H groups in total. The molecule has 3 fully saturated rings. The fourth-order valence-electron chi connectivity index (χ4n) is 5.85. The molecule has 4 heterocycles. The monoisotopic (exact) mass is 528 g/mol. The molecule has 2 saturated heterocycles. The lowest BCUT2D eigenvalue weighted by molar-refractivity contribution is -0.137. The van der Waals surface area contributed by atoms with Crippen LogP contribution in [0.1, 0.15) is 77.5 Å². The van der Waals surface area contributed by atoms with Gasteiger partial charge < -0.3 is 19.3 Å². The van der Waals surface area contributed by atoms with E-state index in [0.29, 0.717) is 35.8 Å². The van der Waals surface area contributed by atoms with Gasteiger partial charge in [0, 0.05) is 34.8 Å². The van der Waals surface area contributed by atoms with Crippen molar-refractivity contribution in [1.29, 1.82) is 0 Å². The van der Waals surface area contributed by atoms with Gasteiger partial charge in [0.2, 0.25) is 5.95 Å². The summed E-state index contributed by atoms with van der Waals surface area (Å²) in [6, 6.07) is 7.06. The Hall–Kier alpha value is -3.47. The Bertz CT molecular complexity index is 1360. The third-order valence-corrected chi connectivity index (χ3v) is 7.70. The van der Waals surface area contributed by atoms with Gasteiger partial charge in [-0.25, -0.2) is 14.8 Å². The van der Waals surface area contributed by atoms with Crippen molar-refractivity contribution in [2.45, 2.75) is 82.3 Å². The van der Waals surface area contributed by atoms with E-state index in [4.69, 9.17) is 9.26 Å². The SMILES string of the molecule is Cc1cc(C(=O)O)nc(N2C3CCC2CC(OCc2c(-c4ccccc4C(F)(F)F)noc2C2CC2)C3)n1. The Morgan fingerprint density at radius 3 is 2.50 bits per heavy atom. The standard InChI is InChI=1S/C27H27F3N4O4/c1-14-10-22(25(35)36)32-26(31-14)34-16-8-9-17(34)12-18(11-16)37-13-20-23(33-38-24(20)15-6-7-15)19-4-2-3-5-21(19)27(28,29)30/h2-5,10,15-18H,6-9,11-13H2,1H3,(H,35,36). The average Bonchev–Trinajstić information content (AvgIpc) is 3.57. The lowest BCUT2D eigenvalue weighted by Gasteiger charge is -2.39. The van der Waals surface area contributed by atoms with Gasteiger partial charge in [-0.3, -0.25) is 0 Å². The molecule has 2 unspecified atom stereocenters. The van der Waals surface area contributed by atoms with Crippen LogP contribution >= 0.6 is 0 Å². The second-order valence-corrected chi connectivity index (χ2v) is 10.4. The van der Waals surface area contributed by atoms with E-state index in [1.807, 2.05) is 0 Å². The van der Waals surface area contributed by atoms with E-state index >= 15 is 0 Å². The van der Waals surface area contributed by atoms with Gasteiger partial charge in [-0.15, -0.1) is 0 Å². The van der Waals surface area contributed by atoms with Gasteiger partial charge in [0.25, 0.3) is 0 Å². The lowest BCUT2D eigenvalue weighted by Crippen LogP contribution is -2.46. The van der Waals surface area contributed by atoms with Gasteiger partial charge in [-0.1, -0.05) is 23.4 Å². The Kier molecular flexibility index (Phi) is 6.13. The van der Waals surface area contributed by atoms with E-state index in [1.54, 1.807) is 13.0 Å². The summed E-state index contributed by atoms with van der Waals surface area (Å²) in [6.45, 7) is 1.87. The molecule has 0 amide bonds. The third-order valence-electron chi connectivity index (χ3n) is 7.70. The maximum atomic E-state index is 13.7. The molecule has 0 spiro atoms. The number of benzene rings is 1. The molecule has 200 valence electrons. The summed E-state index contributed by atoms with van der Waals surface area (Å²) < 4.78 is 53.2. The molecule has 2 atom stereocenters. The number of hydrogen-bond donors (Lipinski definition) is 1. The number of aromatic carboxylic acids is 1. The van der Waals surface area contributed by atoms with Crippen molar-refractivity contribution < 1.29 is 32.3 Å². The van der Waals surface area contributed by atoms with Crippen molar-refractivity contribution >= 4 is 11.9 Å². The minimum absolute atomic E-state index is 0.00466. The molecule has 6 rings (SSSR count). The Morgan fingerprint density at radius 2 is 1.84 bits per heavy atom. The second-order valence-electron chi connectivity index (χ2n) is 10.4. The molecule has 11 heteroatoms. The minimum atomic E-state index is -4.52. The number of carboxylic acid groups (broad SMARTS) is 1. The fraction of sp³-hybridized carbons (Fsp3) is 0.481. The fourth-order valence-corrected chi connectivity index (χ4v) is 5.85. The van der Waals surface area contributed by atoms with Crippen LogP contribution < -0.4 is 4.90 Å². The highest BCUT2D eigenvalue weighted by Crippen LogP contribution is 2.46. The highest BCUT2D eigenvalue weighted by Gasteiger charge is 2.43. The maximum absolute atomic E-state index is 13.7. The zero-order valence-electron chi connectivity index (χ0n) is 20.7. The quantitative estimate of drug-likeness (QED) is 0.414. The summed E-state index contributed by atoms with van der Waals surface area (Å²) in [5.41, 5.74) is 0.590. The van der Waals surface area contributed by atoms with Crippen molar-refractivity contribution in [3.8, 4) is 11.3 Å². The average molecular weight is 529 g/mol. The predicted molar refractivity (Wildman–Crippen MR) is 130 cm³/mol. The Balaban J connectivity index is 1.22. The number of carbonyl (C=O) groups is 1. The van der Waals surface area contributed by atoms with Crippen LogP contribution in [0, 0.1) is 6.92 Å². The number of rotatable bonds is 7. The molecule has 8 nitrogen and oxygen atoms in total. The van der Waals surface area contributed by atoms with Gasteiger partial charge in [0.15, 0.2) is 5.69 Å². The van der Waals surface area contributed by atoms with Crippen LogP contribution in [0.2, 0.25) is 0 Å². The van der Waals surface area contributed by atoms with E-state index in [9.17, 15) is 23.1 Å². The topological polar surface area (TPSA) is 102 Å². The molecule has 1 saturated carbocycles. The first-order chi connectivity index (χ1) is 18.2. The molecular weight excluding hydrogens is 501 g/mol. The first-order valence-electron chi connectivity index (χ1n) is 12.8. The number of aryl methyl sites for hydroxylation is 1. The molecule has 2 bridgehead atoms. The zero-order valence-corrected chi connectivity index (χ0v) is 20.7. The van der Waals surface area contributed by atoms with E-state index in [1.165, 1.54) is 18.2 Å². The molecular formula is C27H27F3N4O4. The largest absolute Gasteiger partial charge is 0.477 e. The van der Waals surface area contributed by atoms with E-state index in [0.717, 1.165) is 31.7 Å². The summed E-state index contributed by atoms with van der Waals surface area (Å²) in [5, 5.41) is 13.5. The summed E-state index contributed by atoms with van der Waals surface area (Å²) in [6.07, 6.45) is 0.408. The molecule has 2 aliphatic heterocycles. The van der Waals surface area contributed by atoms with E-state index < -0.39 is 17.7 Å². The number of fused-ring (bicyclic) bond motifs is 2. The minimum Gasteiger partial charge on any atom is -0.477 e. The van der Waals surface area contributed by atoms with E-state index in [-0.39, 0.29) is 47.7 Å². The van der Waals surface area contributed by atoms with Crippen LogP contribution in [0.3, 0.4) is 0 Å². The van der Waals surface area contributed by atoms with Crippen LogP contribution in [-0.4, -0.2) is 44.4 Å². The van der Waals surface area contributed by atoms with Gasteiger partial charge >= 0.3 is 12.1 Å². The first kappa shape index (κ1) is 24.8. The van der Waals surface area contributed by atoms with Crippen LogP contribution in [0.25, 0.3) is 11.3 Å². The molecule has 1 aromatic carbocycles. The van der Waals surface area contributed by atoms with Gasteiger partial charge in [-0.2, -0.15) is 13.2 Å². The number of ether oxygens (including phenoxy) is 1. The van der Waals surface area contributed by atoms with Crippen molar-refractivity contribution in [2.75, 3.05) is 4.90 Å². The number of aromatic nitrogens is 3. The first-order valence-corrected chi connectivity index (χ1v) is 12.8. The highest BCUT2D eigenvalue weighted by atomic mass is 19.4. The predicted octanol–water partition coefficient (Wildman–Crippen LogP) is 5.75. The van der Waals surface area contributed by atoms with Crippen molar-refractivity contribution in [2.24, 2.45) is 0 Å². The molecule has 38 heavy (non-hydrogen) atoms. The number of halogens is 3. The van der Waals surface area contributed by atoms with Gasteiger partial charge in [-0.05, 0) is 57.6 Å². The number of hydrogen-bond acceptors (Lipinski definition) is 7. The third kappa shape index (κ3) is 4.63. The Morgan fingerprint density at radius 1 is 1.13 bits per heavy atom. The number of carboxylic acids is 1. The maximum Gasteiger partial charge on any atom is 0.417 e. The van der Waals surface area contributed by atoms with Gasteiger partial charge in [0.1, 0.15) is 11.5 Å². The smallest absolute Gasteiger partial charge is 0.417 e. The molecule has 2 aromatic heterocycles. The summed E-state index contributed by atoms with van der Waals surface area (Å²) in [4.78, 5) is 22.4. The molecule has 1 aliphatic carbocycles. The number of anilines is 1. The second kappa shape index (κ2) is 9.37. The number of alkyl halides is 3. The van der Waals surface area contributed by atoms with Crippen LogP contribution in [0.4, 0.5) is 19.1 Å². The van der Waals surface area contributed by atoms with Crippen LogP contribution in [-0.2, 0) is 17.5 Å². The molecule has 3 aromatic rings. The van der Waals surface area contributed by atoms with Crippen molar-refractivity contribution in [3.63, 3.8) is 0 Å². The molecule has 0 radical (unpaired) electrons. The lowest BCUT2D eigenvalue weighted by atomic mass is 9.98. The zero-order chi connectivity index (χ0) is 26.6. The summed E-state index contributed by atoms with van der Waals surface area (Å²) in [7, 11) is 0. The highest BCUT2D eigenvalue weighted by molar-refractivity contribution is 5.85. The summed E-state index contributed by atoms with van der Waals surface area (Å²) in [5.74, 6) is 0.111. The number of nitrogens with zero attached hydrogens (tertiary/aromatic N) is 4. The van der Waals surface area contributed by atoms with Crippen LogP contribution in [0.15, 0.2) is 34.9 Å². The number of piperidine rings is 1. The molecule has 3 aliphatic rings. The van der Waals surface area contributed by atoms with Crippen molar-refractivity contribution in [1.82, 2.24) is 15.1 Å². The van der Waals surface area contributed by atoms with Crippen LogP contribution in [0.5, 0.6) is 0 Å². The summed E-state index contributed by atoms with van der Waals surface area (Å²) >= 11 is 0. The van der Waals surface area contributed by atoms with Crippen molar-refractivity contribution in [3.05, 3.63) is 58.6 Å². The van der Waals surface area contributed by atoms with E-state index in [2.05, 4.69) is 20.0 Å². The normalized spacial score (nSPS) is 23.2.